The van der Waals surface area contributed by atoms with Crippen LogP contribution in [0.4, 0.5) is 5.69 Å². The van der Waals surface area contributed by atoms with Gasteiger partial charge in [0.25, 0.3) is 0 Å². The van der Waals surface area contributed by atoms with Crippen molar-refractivity contribution in [3.8, 4) is 0 Å². The van der Waals surface area contributed by atoms with Crippen molar-refractivity contribution in [1.29, 1.82) is 0 Å². The van der Waals surface area contributed by atoms with Crippen LogP contribution in [0.15, 0.2) is 34.4 Å². The van der Waals surface area contributed by atoms with Gasteiger partial charge >= 0.3 is 0 Å². The van der Waals surface area contributed by atoms with Gasteiger partial charge in [-0.15, -0.1) is 11.3 Å². The molecule has 3 heteroatoms. The van der Waals surface area contributed by atoms with Gasteiger partial charge in [-0.25, -0.2) is 0 Å². The fourth-order valence-electron chi connectivity index (χ4n) is 3.28. The maximum atomic E-state index is 12.7. The first kappa shape index (κ1) is 13.6. The zero-order valence-corrected chi connectivity index (χ0v) is 12.8. The fraction of sp³-hybridized carbons (Fsp3) is 0.471. The van der Waals surface area contributed by atoms with Crippen LogP contribution in [0, 0.1) is 0 Å². The van der Waals surface area contributed by atoms with Gasteiger partial charge in [0.2, 0.25) is 5.43 Å². The maximum absolute atomic E-state index is 12.7. The Labute approximate surface area is 124 Å². The monoisotopic (exact) mass is 287 g/mol. The normalized spacial score (nSPS) is 16.4. The summed E-state index contributed by atoms with van der Waals surface area (Å²) >= 11 is 1.68. The van der Waals surface area contributed by atoms with Gasteiger partial charge in [-0.1, -0.05) is 31.4 Å². The zero-order chi connectivity index (χ0) is 13.9. The number of nitrogens with zero attached hydrogens (tertiary/aromatic N) is 1. The fourth-order valence-corrected chi connectivity index (χ4v) is 4.21. The van der Waals surface area contributed by atoms with E-state index in [9.17, 15) is 4.79 Å². The SMILES string of the molecule is CCN(c1csc2ccccc2c1=O)C1CCCCC1. The number of anilines is 1. The van der Waals surface area contributed by atoms with Crippen molar-refractivity contribution < 1.29 is 0 Å². The maximum Gasteiger partial charge on any atom is 0.211 e. The molecule has 0 radical (unpaired) electrons. The molecule has 2 aromatic rings. The van der Waals surface area contributed by atoms with Gasteiger partial charge in [0.1, 0.15) is 0 Å². The van der Waals surface area contributed by atoms with E-state index >= 15 is 0 Å². The van der Waals surface area contributed by atoms with Gasteiger partial charge in [0.05, 0.1) is 5.69 Å². The Morgan fingerprint density at radius 1 is 1.20 bits per heavy atom. The summed E-state index contributed by atoms with van der Waals surface area (Å²) in [6.07, 6.45) is 6.40. The average molecular weight is 287 g/mol. The molecule has 3 rings (SSSR count). The molecule has 20 heavy (non-hydrogen) atoms. The lowest BCUT2D eigenvalue weighted by molar-refractivity contribution is 0.418. The second kappa shape index (κ2) is 5.96. The Morgan fingerprint density at radius 3 is 2.70 bits per heavy atom. The van der Waals surface area contributed by atoms with Crippen LogP contribution in [-0.4, -0.2) is 12.6 Å². The quantitative estimate of drug-likeness (QED) is 0.833. The molecule has 106 valence electrons. The predicted molar refractivity (Wildman–Crippen MR) is 88.0 cm³/mol. The number of fused-ring (bicyclic) bond motifs is 1. The summed E-state index contributed by atoms with van der Waals surface area (Å²) in [7, 11) is 0. The molecule has 1 aliphatic rings. The van der Waals surface area contributed by atoms with Gasteiger partial charge < -0.3 is 4.90 Å². The largest absolute Gasteiger partial charge is 0.365 e. The van der Waals surface area contributed by atoms with Gasteiger partial charge in [0.15, 0.2) is 0 Å². The lowest BCUT2D eigenvalue weighted by atomic mass is 9.94. The minimum atomic E-state index is 0.201. The van der Waals surface area contributed by atoms with Crippen LogP contribution in [0.5, 0.6) is 0 Å². The van der Waals surface area contributed by atoms with Gasteiger partial charge in [-0.2, -0.15) is 0 Å². The van der Waals surface area contributed by atoms with E-state index in [1.165, 1.54) is 32.1 Å². The van der Waals surface area contributed by atoms with Crippen molar-refractivity contribution >= 4 is 27.1 Å². The summed E-state index contributed by atoms with van der Waals surface area (Å²) in [6.45, 7) is 3.08. The van der Waals surface area contributed by atoms with E-state index in [0.29, 0.717) is 6.04 Å². The predicted octanol–water partition coefficient (Wildman–Crippen LogP) is 4.42. The van der Waals surface area contributed by atoms with Crippen LogP contribution in [0.25, 0.3) is 10.1 Å². The van der Waals surface area contributed by atoms with Crippen LogP contribution in [-0.2, 0) is 0 Å². The Hall–Kier alpha value is -1.35. The Kier molecular flexibility index (Phi) is 4.06. The molecule has 0 amide bonds. The molecule has 1 fully saturated rings. The molecule has 0 aliphatic heterocycles. The minimum absolute atomic E-state index is 0.201. The molecule has 0 N–H and O–H groups in total. The molecular weight excluding hydrogens is 266 g/mol. The third-order valence-corrected chi connectivity index (χ3v) is 5.28. The molecule has 0 unspecified atom stereocenters. The summed E-state index contributed by atoms with van der Waals surface area (Å²) < 4.78 is 1.08. The molecule has 0 atom stereocenters. The topological polar surface area (TPSA) is 20.3 Å². The third kappa shape index (κ3) is 2.47. The molecule has 1 heterocycles. The first-order valence-corrected chi connectivity index (χ1v) is 8.46. The first-order chi connectivity index (χ1) is 9.81. The molecule has 0 spiro atoms. The van der Waals surface area contributed by atoms with Gasteiger partial charge in [-0.3, -0.25) is 4.79 Å². The number of rotatable bonds is 3. The number of hydrogen-bond donors (Lipinski definition) is 0. The van der Waals surface area contributed by atoms with Crippen molar-refractivity contribution in [2.45, 2.75) is 45.1 Å². The molecule has 2 nitrogen and oxygen atoms in total. The Bertz CT molecular complexity index is 643. The van der Waals surface area contributed by atoms with E-state index < -0.39 is 0 Å². The molecule has 1 aliphatic carbocycles. The number of benzene rings is 1. The third-order valence-electron chi connectivity index (χ3n) is 4.33. The van der Waals surface area contributed by atoms with Crippen molar-refractivity contribution in [1.82, 2.24) is 0 Å². The molecular formula is C17H21NOS. The van der Waals surface area contributed by atoms with E-state index in [1.807, 2.05) is 24.3 Å². The van der Waals surface area contributed by atoms with Crippen molar-refractivity contribution in [3.05, 3.63) is 39.9 Å². The summed E-state index contributed by atoms with van der Waals surface area (Å²) in [5.74, 6) is 0. The van der Waals surface area contributed by atoms with E-state index in [1.54, 1.807) is 11.3 Å². The van der Waals surface area contributed by atoms with Crippen molar-refractivity contribution in [2.24, 2.45) is 0 Å². The highest BCUT2D eigenvalue weighted by molar-refractivity contribution is 7.16. The van der Waals surface area contributed by atoms with Crippen molar-refractivity contribution in [2.75, 3.05) is 11.4 Å². The van der Waals surface area contributed by atoms with Crippen LogP contribution in [0.2, 0.25) is 0 Å². The second-order valence-corrected chi connectivity index (χ2v) is 6.44. The van der Waals surface area contributed by atoms with Crippen LogP contribution in [0.1, 0.15) is 39.0 Å². The average Bonchev–Trinajstić information content (AvgIpc) is 2.51. The van der Waals surface area contributed by atoms with E-state index in [2.05, 4.69) is 17.2 Å². The lowest BCUT2D eigenvalue weighted by Crippen LogP contribution is -2.39. The van der Waals surface area contributed by atoms with Gasteiger partial charge in [0, 0.05) is 28.1 Å². The molecule has 1 aromatic heterocycles. The van der Waals surface area contributed by atoms with E-state index in [0.717, 1.165) is 22.3 Å². The van der Waals surface area contributed by atoms with E-state index in [-0.39, 0.29) is 5.43 Å². The summed E-state index contributed by atoms with van der Waals surface area (Å²) in [4.78, 5) is 15.1. The molecule has 0 saturated heterocycles. The Morgan fingerprint density at radius 2 is 1.95 bits per heavy atom. The molecule has 1 saturated carbocycles. The zero-order valence-electron chi connectivity index (χ0n) is 12.0. The van der Waals surface area contributed by atoms with E-state index in [4.69, 9.17) is 0 Å². The van der Waals surface area contributed by atoms with Crippen LogP contribution in [0.3, 0.4) is 0 Å². The highest BCUT2D eigenvalue weighted by Crippen LogP contribution is 2.28. The summed E-state index contributed by atoms with van der Waals surface area (Å²) in [6, 6.07) is 8.48. The van der Waals surface area contributed by atoms with Gasteiger partial charge in [-0.05, 0) is 31.9 Å². The second-order valence-electron chi connectivity index (χ2n) is 5.52. The Balaban J connectivity index is 2.03. The van der Waals surface area contributed by atoms with Crippen molar-refractivity contribution in [3.63, 3.8) is 0 Å². The van der Waals surface area contributed by atoms with Crippen LogP contribution < -0.4 is 10.3 Å². The standard InChI is InChI=1S/C17H21NOS/c1-2-18(13-8-4-3-5-9-13)15-12-20-16-11-7-6-10-14(16)17(15)19/h6-7,10-13H,2-5,8-9H2,1H3. The molecule has 0 bridgehead atoms. The van der Waals surface area contributed by atoms with Crippen LogP contribution >= 0.6 is 11.3 Å². The summed E-state index contributed by atoms with van der Waals surface area (Å²) in [5.41, 5.74) is 1.11. The lowest BCUT2D eigenvalue weighted by Gasteiger charge is -2.34. The summed E-state index contributed by atoms with van der Waals surface area (Å²) in [5, 5.41) is 2.92. The highest BCUT2D eigenvalue weighted by atomic mass is 32.1. The first-order valence-electron chi connectivity index (χ1n) is 7.58. The smallest absolute Gasteiger partial charge is 0.211 e. The molecule has 1 aromatic carbocycles. The minimum Gasteiger partial charge on any atom is -0.365 e. The highest BCUT2D eigenvalue weighted by Gasteiger charge is 2.22. The number of hydrogen-bond acceptors (Lipinski definition) is 3.